The van der Waals surface area contributed by atoms with Crippen molar-refractivity contribution < 1.29 is 30.8 Å². The number of thiophene rings is 1. The molecule has 0 bridgehead atoms. The summed E-state index contributed by atoms with van der Waals surface area (Å²) in [7, 11) is -2.21. The first-order valence-electron chi connectivity index (χ1n) is 9.63. The molecule has 12 heteroatoms. The highest BCUT2D eigenvalue weighted by molar-refractivity contribution is 7.89. The van der Waals surface area contributed by atoms with E-state index in [0.717, 1.165) is 28.8 Å². The van der Waals surface area contributed by atoms with Crippen LogP contribution >= 0.6 is 11.3 Å². The molecule has 1 aliphatic rings. The Kier molecular flexibility index (Phi) is 5.94. The number of nitrogens with zero attached hydrogens (tertiary/aromatic N) is 3. The normalized spacial score (nSPS) is 15.8. The summed E-state index contributed by atoms with van der Waals surface area (Å²) in [6.07, 6.45) is -4.66. The molecule has 0 saturated carbocycles. The molecule has 3 heterocycles. The molecule has 32 heavy (non-hydrogen) atoms. The number of methoxy groups -OCH3 is 1. The van der Waals surface area contributed by atoms with Crippen molar-refractivity contribution in [3.63, 3.8) is 0 Å². The van der Waals surface area contributed by atoms with E-state index >= 15 is 0 Å². The minimum atomic E-state index is -4.66. The highest BCUT2D eigenvalue weighted by Gasteiger charge is 2.37. The number of benzene rings is 1. The lowest BCUT2D eigenvalue weighted by Crippen LogP contribution is -2.48. The summed E-state index contributed by atoms with van der Waals surface area (Å²) < 4.78 is 75.7. The smallest absolute Gasteiger partial charge is 0.452 e. The number of alkyl halides is 3. The number of aromatic nitrogens is 1. The van der Waals surface area contributed by atoms with Crippen LogP contribution in [-0.2, 0) is 16.2 Å². The number of anilines is 1. The molecule has 172 valence electrons. The lowest BCUT2D eigenvalue weighted by Gasteiger charge is -2.35. The van der Waals surface area contributed by atoms with E-state index in [-0.39, 0.29) is 10.6 Å². The van der Waals surface area contributed by atoms with Gasteiger partial charge in [0, 0.05) is 42.8 Å². The first kappa shape index (κ1) is 22.6. The molecule has 1 fully saturated rings. The van der Waals surface area contributed by atoms with Crippen LogP contribution in [-0.4, -0.2) is 51.2 Å². The van der Waals surface area contributed by atoms with Gasteiger partial charge >= 0.3 is 6.18 Å². The minimum absolute atomic E-state index is 0.0452. The van der Waals surface area contributed by atoms with Gasteiger partial charge in [0.25, 0.3) is 0 Å². The monoisotopic (exact) mass is 487 g/mol. The highest BCUT2D eigenvalue weighted by atomic mass is 32.2. The molecule has 0 amide bonds. The topological polar surface area (TPSA) is 75.9 Å². The van der Waals surface area contributed by atoms with Crippen LogP contribution < -0.4 is 9.64 Å². The summed E-state index contributed by atoms with van der Waals surface area (Å²) in [6.45, 7) is 3.24. The molecule has 4 rings (SSSR count). The minimum Gasteiger partial charge on any atom is -0.497 e. The number of rotatable bonds is 5. The molecular formula is C20H20F3N3O4S2. The molecule has 0 aliphatic carbocycles. The second kappa shape index (κ2) is 8.41. The Morgan fingerprint density at radius 1 is 1.09 bits per heavy atom. The van der Waals surface area contributed by atoms with E-state index in [1.54, 1.807) is 14.0 Å². The first-order valence-corrected chi connectivity index (χ1v) is 11.9. The Morgan fingerprint density at radius 2 is 1.75 bits per heavy atom. The predicted molar refractivity (Wildman–Crippen MR) is 114 cm³/mol. The van der Waals surface area contributed by atoms with E-state index in [4.69, 9.17) is 4.74 Å². The summed E-state index contributed by atoms with van der Waals surface area (Å²) in [4.78, 5) is 2.95. The molecule has 1 saturated heterocycles. The van der Waals surface area contributed by atoms with E-state index in [2.05, 4.69) is 14.6 Å². The average molecular weight is 488 g/mol. The molecule has 1 aliphatic heterocycles. The lowest BCUT2D eigenvalue weighted by atomic mass is 10.2. The summed E-state index contributed by atoms with van der Waals surface area (Å²) in [5.41, 5.74) is 0.930. The van der Waals surface area contributed by atoms with Gasteiger partial charge in [0.1, 0.15) is 11.4 Å². The van der Waals surface area contributed by atoms with Crippen LogP contribution in [0.4, 0.5) is 18.9 Å². The number of ether oxygens (including phenoxy) is 1. The fourth-order valence-electron chi connectivity index (χ4n) is 3.49. The number of aryl methyl sites for hydroxylation is 1. The Morgan fingerprint density at radius 3 is 2.31 bits per heavy atom. The van der Waals surface area contributed by atoms with Crippen LogP contribution in [0, 0.1) is 6.92 Å². The Balaban J connectivity index is 1.50. The highest BCUT2D eigenvalue weighted by Crippen LogP contribution is 2.37. The zero-order chi connectivity index (χ0) is 23.1. The van der Waals surface area contributed by atoms with Crippen molar-refractivity contribution in [2.24, 2.45) is 0 Å². The van der Waals surface area contributed by atoms with Gasteiger partial charge < -0.3 is 14.2 Å². The van der Waals surface area contributed by atoms with E-state index in [1.807, 2.05) is 24.3 Å². The largest absolute Gasteiger partial charge is 0.497 e. The maximum absolute atomic E-state index is 13.2. The third kappa shape index (κ3) is 4.34. The standard InChI is InChI=1S/C20H20F3N3O4S2/c1-13-18(12-17(31-13)16-11-19(30-24-16)20(21,22)23)32(27,28)26-9-7-25(8-10-26)14-3-5-15(29-2)6-4-14/h3-6,11-12H,7-10H2,1-2H3. The zero-order valence-electron chi connectivity index (χ0n) is 17.2. The average Bonchev–Trinajstić information content (AvgIpc) is 3.41. The van der Waals surface area contributed by atoms with Crippen LogP contribution in [0.25, 0.3) is 10.6 Å². The summed E-state index contributed by atoms with van der Waals surface area (Å²) in [5, 5.41) is 3.45. The molecule has 0 radical (unpaired) electrons. The number of hydrogen-bond donors (Lipinski definition) is 0. The van der Waals surface area contributed by atoms with Crippen molar-refractivity contribution in [3.8, 4) is 16.3 Å². The molecule has 0 N–H and O–H groups in total. The quantitative estimate of drug-likeness (QED) is 0.536. The van der Waals surface area contributed by atoms with Crippen LogP contribution in [0.5, 0.6) is 5.75 Å². The number of sulfonamides is 1. The molecular weight excluding hydrogens is 467 g/mol. The van der Waals surface area contributed by atoms with Gasteiger partial charge in [0.15, 0.2) is 0 Å². The van der Waals surface area contributed by atoms with Crippen LogP contribution in [0.2, 0.25) is 0 Å². The maximum Gasteiger partial charge on any atom is 0.452 e. The first-order chi connectivity index (χ1) is 15.1. The van der Waals surface area contributed by atoms with Crippen molar-refractivity contribution in [1.82, 2.24) is 9.46 Å². The van der Waals surface area contributed by atoms with Gasteiger partial charge in [0.2, 0.25) is 15.8 Å². The Labute approximate surface area is 187 Å². The van der Waals surface area contributed by atoms with E-state index in [0.29, 0.717) is 35.9 Å². The van der Waals surface area contributed by atoms with Gasteiger partial charge in [-0.2, -0.15) is 17.5 Å². The number of piperazine rings is 1. The second-order valence-electron chi connectivity index (χ2n) is 7.19. The fraction of sp³-hybridized carbons (Fsp3) is 0.350. The molecule has 3 aromatic rings. The molecule has 7 nitrogen and oxygen atoms in total. The van der Waals surface area contributed by atoms with Gasteiger partial charge in [-0.15, -0.1) is 11.3 Å². The van der Waals surface area contributed by atoms with Crippen LogP contribution in [0.3, 0.4) is 0 Å². The van der Waals surface area contributed by atoms with Crippen molar-refractivity contribution in [3.05, 3.63) is 47.0 Å². The van der Waals surface area contributed by atoms with E-state index in [9.17, 15) is 21.6 Å². The molecule has 0 unspecified atom stereocenters. The van der Waals surface area contributed by atoms with Gasteiger partial charge in [-0.25, -0.2) is 8.42 Å². The molecule has 0 spiro atoms. The molecule has 0 atom stereocenters. The predicted octanol–water partition coefficient (Wildman–Crippen LogP) is 4.25. The summed E-state index contributed by atoms with van der Waals surface area (Å²) >= 11 is 1.07. The third-order valence-corrected chi connectivity index (χ3v) is 8.44. The van der Waals surface area contributed by atoms with Gasteiger partial charge in [-0.3, -0.25) is 0 Å². The van der Waals surface area contributed by atoms with Crippen LogP contribution in [0.15, 0.2) is 45.8 Å². The maximum atomic E-state index is 13.2. The van der Waals surface area contributed by atoms with E-state index in [1.165, 1.54) is 10.4 Å². The lowest BCUT2D eigenvalue weighted by molar-refractivity contribution is -0.155. The second-order valence-corrected chi connectivity index (χ2v) is 10.4. The van der Waals surface area contributed by atoms with Crippen molar-refractivity contribution >= 4 is 27.0 Å². The van der Waals surface area contributed by atoms with Crippen LogP contribution in [0.1, 0.15) is 10.6 Å². The molecule has 1 aromatic carbocycles. The SMILES string of the molecule is COc1ccc(N2CCN(S(=O)(=O)c3cc(-c4cc(C(F)(F)F)on4)sc3C)CC2)cc1. The zero-order valence-corrected chi connectivity index (χ0v) is 18.9. The fourth-order valence-corrected chi connectivity index (χ4v) is 6.43. The molecule has 2 aromatic heterocycles. The van der Waals surface area contributed by atoms with Gasteiger partial charge in [-0.1, -0.05) is 5.16 Å². The van der Waals surface area contributed by atoms with Gasteiger partial charge in [-0.05, 0) is 37.3 Å². The summed E-state index contributed by atoms with van der Waals surface area (Å²) in [5.74, 6) is -0.481. The van der Waals surface area contributed by atoms with Crippen molar-refractivity contribution in [2.45, 2.75) is 18.0 Å². The van der Waals surface area contributed by atoms with Crippen molar-refractivity contribution in [1.29, 1.82) is 0 Å². The number of halogens is 3. The Hall–Kier alpha value is -2.57. The third-order valence-electron chi connectivity index (χ3n) is 5.21. The Bertz CT molecular complexity index is 1200. The summed E-state index contributed by atoms with van der Waals surface area (Å²) in [6, 6.07) is 9.68. The number of hydrogen-bond acceptors (Lipinski definition) is 7. The van der Waals surface area contributed by atoms with Gasteiger partial charge in [0.05, 0.1) is 16.9 Å². The van der Waals surface area contributed by atoms with Crippen molar-refractivity contribution in [2.75, 3.05) is 38.2 Å². The van der Waals surface area contributed by atoms with E-state index < -0.39 is 22.0 Å².